The van der Waals surface area contributed by atoms with E-state index in [0.29, 0.717) is 11.3 Å². The van der Waals surface area contributed by atoms with Gasteiger partial charge in [-0.3, -0.25) is 9.59 Å². The van der Waals surface area contributed by atoms with Crippen molar-refractivity contribution in [1.82, 2.24) is 15.1 Å². The molecule has 0 aliphatic carbocycles. The van der Waals surface area contributed by atoms with Gasteiger partial charge in [0.05, 0.1) is 5.69 Å². The molecule has 0 saturated carbocycles. The number of rotatable bonds is 6. The average Bonchev–Trinajstić information content (AvgIpc) is 2.72. The lowest BCUT2D eigenvalue weighted by Gasteiger charge is -2.15. The molecule has 3 aromatic rings. The Hall–Kier alpha value is -3.62. The van der Waals surface area contributed by atoms with Gasteiger partial charge in [0, 0.05) is 18.2 Å². The summed E-state index contributed by atoms with van der Waals surface area (Å²) in [5.41, 5.74) is 2.60. The molecule has 3 rings (SSSR count). The fraction of sp³-hybridized carbons (Fsp3) is 0.227. The van der Waals surface area contributed by atoms with Gasteiger partial charge in [-0.1, -0.05) is 42.0 Å². The van der Waals surface area contributed by atoms with Crippen molar-refractivity contribution in [3.05, 3.63) is 82.1 Å². The Labute approximate surface area is 176 Å². The van der Waals surface area contributed by atoms with Crippen LogP contribution in [0, 0.1) is 6.92 Å². The summed E-state index contributed by atoms with van der Waals surface area (Å²) in [5.74, 6) is -0.800. The van der Waals surface area contributed by atoms with Crippen LogP contribution in [0.5, 0.6) is 5.75 Å². The molecule has 0 aliphatic heterocycles. The van der Waals surface area contributed by atoms with E-state index in [1.165, 1.54) is 18.2 Å². The first-order valence-corrected chi connectivity index (χ1v) is 9.42. The summed E-state index contributed by atoms with van der Waals surface area (Å²) < 4.78 is 41.6. The molecule has 0 fully saturated rings. The van der Waals surface area contributed by atoms with Crippen molar-refractivity contribution in [2.24, 2.45) is 0 Å². The van der Waals surface area contributed by atoms with Gasteiger partial charge in [-0.05, 0) is 37.6 Å². The van der Waals surface area contributed by atoms with Crippen LogP contribution in [0.1, 0.15) is 24.1 Å². The van der Waals surface area contributed by atoms with Crippen LogP contribution < -0.4 is 15.6 Å². The minimum atomic E-state index is -4.77. The maximum Gasteiger partial charge on any atom is 0.573 e. The zero-order valence-electron chi connectivity index (χ0n) is 16.8. The van der Waals surface area contributed by atoms with E-state index in [2.05, 4.69) is 15.2 Å². The summed E-state index contributed by atoms with van der Waals surface area (Å²) in [7, 11) is 0. The number of aryl methyl sites for hydroxylation is 1. The first-order valence-electron chi connectivity index (χ1n) is 9.42. The number of hydrogen-bond donors (Lipinski definition) is 1. The largest absolute Gasteiger partial charge is 0.573 e. The molecule has 1 N–H and O–H groups in total. The van der Waals surface area contributed by atoms with Gasteiger partial charge in [0.25, 0.3) is 5.56 Å². The predicted molar refractivity (Wildman–Crippen MR) is 108 cm³/mol. The lowest BCUT2D eigenvalue weighted by Crippen LogP contribution is -2.36. The van der Waals surface area contributed by atoms with E-state index < -0.39 is 23.9 Å². The third kappa shape index (κ3) is 5.94. The number of halogens is 3. The second-order valence-corrected chi connectivity index (χ2v) is 6.95. The predicted octanol–water partition coefficient (Wildman–Crippen LogP) is 3.99. The molecule has 1 amide bonds. The van der Waals surface area contributed by atoms with E-state index in [1.54, 1.807) is 13.0 Å². The molecule has 31 heavy (non-hydrogen) atoms. The zero-order chi connectivity index (χ0) is 22.6. The molecule has 162 valence electrons. The monoisotopic (exact) mass is 431 g/mol. The van der Waals surface area contributed by atoms with Crippen molar-refractivity contribution >= 4 is 5.91 Å². The Bertz CT molecular complexity index is 1110. The summed E-state index contributed by atoms with van der Waals surface area (Å²) in [6.45, 7) is 3.58. The number of alkyl halides is 3. The minimum Gasteiger partial charge on any atom is -0.406 e. The highest BCUT2D eigenvalue weighted by molar-refractivity contribution is 5.79. The highest BCUT2D eigenvalue weighted by Gasteiger charge is 2.31. The van der Waals surface area contributed by atoms with Crippen LogP contribution in [-0.4, -0.2) is 22.1 Å². The Balaban J connectivity index is 1.68. The van der Waals surface area contributed by atoms with Crippen LogP contribution in [0.15, 0.2) is 65.5 Å². The van der Waals surface area contributed by atoms with Crippen LogP contribution in [0.4, 0.5) is 13.2 Å². The van der Waals surface area contributed by atoms with Gasteiger partial charge in [-0.2, -0.15) is 5.10 Å². The topological polar surface area (TPSA) is 73.2 Å². The number of nitrogens with one attached hydrogen (secondary N) is 1. The number of ether oxygens (including phenoxy) is 1. The summed E-state index contributed by atoms with van der Waals surface area (Å²) in [6.07, 6.45) is -4.77. The van der Waals surface area contributed by atoms with Crippen LogP contribution in [0.2, 0.25) is 0 Å². The molecule has 0 radical (unpaired) electrons. The number of aromatic nitrogens is 2. The maximum absolute atomic E-state index is 12.5. The molecule has 0 spiro atoms. The molecule has 1 aromatic heterocycles. The first-order chi connectivity index (χ1) is 14.6. The fourth-order valence-electron chi connectivity index (χ4n) is 2.84. The van der Waals surface area contributed by atoms with Crippen molar-refractivity contribution in [2.75, 3.05) is 0 Å². The smallest absolute Gasteiger partial charge is 0.406 e. The van der Waals surface area contributed by atoms with Crippen molar-refractivity contribution in [3.8, 4) is 17.0 Å². The second-order valence-electron chi connectivity index (χ2n) is 6.95. The number of amides is 1. The van der Waals surface area contributed by atoms with Gasteiger partial charge in [-0.25, -0.2) is 4.68 Å². The molecule has 0 bridgehead atoms. The molecule has 1 atom stereocenters. The van der Waals surface area contributed by atoms with Crippen molar-refractivity contribution in [1.29, 1.82) is 0 Å². The van der Waals surface area contributed by atoms with Gasteiger partial charge in [0.15, 0.2) is 0 Å². The molecule has 1 heterocycles. The minimum absolute atomic E-state index is 0.0713. The molecule has 6 nitrogen and oxygen atoms in total. The van der Waals surface area contributed by atoms with E-state index in [4.69, 9.17) is 0 Å². The van der Waals surface area contributed by atoms with Crippen LogP contribution in [0.3, 0.4) is 0 Å². The fourth-order valence-corrected chi connectivity index (χ4v) is 2.84. The Morgan fingerprint density at radius 3 is 2.32 bits per heavy atom. The highest BCUT2D eigenvalue weighted by Crippen LogP contribution is 2.22. The molecular weight excluding hydrogens is 411 g/mol. The molecule has 1 unspecified atom stereocenters. The van der Waals surface area contributed by atoms with Gasteiger partial charge in [-0.15, -0.1) is 13.2 Å². The van der Waals surface area contributed by atoms with Crippen LogP contribution >= 0.6 is 0 Å². The number of carbonyl (C=O) groups excluding carboxylic acids is 1. The summed E-state index contributed by atoms with van der Waals surface area (Å²) in [4.78, 5) is 24.8. The summed E-state index contributed by atoms with van der Waals surface area (Å²) in [6, 6.07) is 14.8. The Morgan fingerprint density at radius 1 is 1.06 bits per heavy atom. The van der Waals surface area contributed by atoms with Crippen molar-refractivity contribution in [2.45, 2.75) is 32.8 Å². The second kappa shape index (κ2) is 9.03. The maximum atomic E-state index is 12.5. The Kier molecular flexibility index (Phi) is 6.43. The third-order valence-corrected chi connectivity index (χ3v) is 4.54. The number of hydrogen-bond acceptors (Lipinski definition) is 4. The van der Waals surface area contributed by atoms with E-state index in [-0.39, 0.29) is 12.3 Å². The average molecular weight is 431 g/mol. The van der Waals surface area contributed by atoms with E-state index in [0.717, 1.165) is 27.9 Å². The summed E-state index contributed by atoms with van der Waals surface area (Å²) in [5, 5.41) is 6.97. The Morgan fingerprint density at radius 2 is 1.71 bits per heavy atom. The first kappa shape index (κ1) is 22.1. The van der Waals surface area contributed by atoms with Gasteiger partial charge < -0.3 is 10.1 Å². The van der Waals surface area contributed by atoms with Gasteiger partial charge in [0.1, 0.15) is 11.8 Å². The van der Waals surface area contributed by atoms with Crippen LogP contribution in [-0.2, 0) is 11.3 Å². The number of nitrogens with zero attached hydrogens (tertiary/aromatic N) is 2. The van der Waals surface area contributed by atoms with Gasteiger partial charge in [0.2, 0.25) is 5.91 Å². The van der Waals surface area contributed by atoms with E-state index >= 15 is 0 Å². The van der Waals surface area contributed by atoms with E-state index in [1.807, 2.05) is 31.2 Å². The molecule has 9 heteroatoms. The zero-order valence-corrected chi connectivity index (χ0v) is 16.8. The summed E-state index contributed by atoms with van der Waals surface area (Å²) >= 11 is 0. The number of carbonyl (C=O) groups is 1. The molecule has 0 aliphatic rings. The quantitative estimate of drug-likeness (QED) is 0.641. The highest BCUT2D eigenvalue weighted by atomic mass is 19.4. The lowest BCUT2D eigenvalue weighted by molar-refractivity contribution is -0.274. The molecule has 2 aromatic carbocycles. The third-order valence-electron chi connectivity index (χ3n) is 4.54. The molecule has 0 saturated heterocycles. The van der Waals surface area contributed by atoms with Gasteiger partial charge >= 0.3 is 6.36 Å². The van der Waals surface area contributed by atoms with Crippen LogP contribution in [0.25, 0.3) is 11.3 Å². The van der Waals surface area contributed by atoms with E-state index in [9.17, 15) is 22.8 Å². The van der Waals surface area contributed by atoms with Crippen molar-refractivity contribution < 1.29 is 22.7 Å². The normalized spacial score (nSPS) is 12.3. The standard InChI is InChI=1S/C22H20F3N3O3/c1-14-3-7-17(8-4-14)19-11-12-20(29)28(27-19)15(2)21(30)26-13-16-5-9-18(10-6-16)31-22(23,24)25/h3-12,15H,13H2,1-2H3,(H,26,30). The van der Waals surface area contributed by atoms with Crippen molar-refractivity contribution in [3.63, 3.8) is 0 Å². The lowest BCUT2D eigenvalue weighted by atomic mass is 10.1. The SMILES string of the molecule is Cc1ccc(-c2ccc(=O)n(C(C)C(=O)NCc3ccc(OC(F)(F)F)cc3)n2)cc1. The number of benzene rings is 2. The molecular formula is C22H20F3N3O3.